The van der Waals surface area contributed by atoms with Crippen molar-refractivity contribution in [2.24, 2.45) is 0 Å². The predicted octanol–water partition coefficient (Wildman–Crippen LogP) is 3.91. The van der Waals surface area contributed by atoms with Crippen molar-refractivity contribution < 1.29 is 19.0 Å². The summed E-state index contributed by atoms with van der Waals surface area (Å²) in [4.78, 5) is 12.3. The first kappa shape index (κ1) is 16.5. The maximum atomic E-state index is 12.3. The first-order valence-electron chi connectivity index (χ1n) is 7.74. The lowest BCUT2D eigenvalue weighted by Crippen LogP contribution is -2.30. The Morgan fingerprint density at radius 2 is 1.96 bits per heavy atom. The van der Waals surface area contributed by atoms with Crippen LogP contribution in [-0.2, 0) is 4.79 Å². The monoisotopic (exact) mass is 347 g/mol. The van der Waals surface area contributed by atoms with Gasteiger partial charge in [0.05, 0.1) is 13.2 Å². The zero-order valence-electron chi connectivity index (χ0n) is 13.3. The number of fused-ring (bicyclic) bond motifs is 1. The molecule has 1 N–H and O–H groups in total. The van der Waals surface area contributed by atoms with Crippen LogP contribution < -0.4 is 19.5 Å². The zero-order chi connectivity index (χ0) is 16.9. The fraction of sp³-hybridized carbons (Fsp3) is 0.278. The topological polar surface area (TPSA) is 56.8 Å². The van der Waals surface area contributed by atoms with Gasteiger partial charge >= 0.3 is 0 Å². The number of halogens is 1. The van der Waals surface area contributed by atoms with Crippen LogP contribution in [0.4, 0.5) is 5.69 Å². The van der Waals surface area contributed by atoms with Gasteiger partial charge in [-0.15, -0.1) is 0 Å². The van der Waals surface area contributed by atoms with Crippen LogP contribution in [0.3, 0.4) is 0 Å². The molecule has 5 nitrogen and oxygen atoms in total. The maximum Gasteiger partial charge on any atom is 0.265 e. The molecule has 1 aliphatic heterocycles. The highest BCUT2D eigenvalue weighted by atomic mass is 35.5. The summed E-state index contributed by atoms with van der Waals surface area (Å²) in [7, 11) is 0. The number of anilines is 1. The Labute approximate surface area is 145 Å². The standard InChI is InChI=1S/C18H18ClNO4/c1-12(24-15-5-2-4-13(19)10-15)18(21)20-14-6-7-16-17(11-14)23-9-3-8-22-16/h2,4-7,10-12H,3,8-9H2,1H3,(H,20,21). The average molecular weight is 348 g/mol. The molecule has 1 unspecified atom stereocenters. The van der Waals surface area contributed by atoms with E-state index in [1.807, 2.05) is 0 Å². The molecule has 1 amide bonds. The van der Waals surface area contributed by atoms with Crippen LogP contribution >= 0.6 is 11.6 Å². The van der Waals surface area contributed by atoms with Crippen molar-refractivity contribution in [3.63, 3.8) is 0 Å². The number of ether oxygens (including phenoxy) is 3. The molecule has 0 aromatic heterocycles. The lowest BCUT2D eigenvalue weighted by atomic mass is 10.2. The Balaban J connectivity index is 1.64. The highest BCUT2D eigenvalue weighted by molar-refractivity contribution is 6.30. The average Bonchev–Trinajstić information content (AvgIpc) is 2.79. The highest BCUT2D eigenvalue weighted by Gasteiger charge is 2.17. The van der Waals surface area contributed by atoms with Gasteiger partial charge in [-0.3, -0.25) is 4.79 Å². The van der Waals surface area contributed by atoms with Gasteiger partial charge in [-0.05, 0) is 37.3 Å². The number of rotatable bonds is 4. The number of hydrogen-bond donors (Lipinski definition) is 1. The van der Waals surface area contributed by atoms with Gasteiger partial charge in [-0.1, -0.05) is 17.7 Å². The lowest BCUT2D eigenvalue weighted by molar-refractivity contribution is -0.122. The van der Waals surface area contributed by atoms with Crippen molar-refractivity contribution in [2.45, 2.75) is 19.4 Å². The smallest absolute Gasteiger partial charge is 0.265 e. The fourth-order valence-corrected chi connectivity index (χ4v) is 2.46. The molecule has 1 aliphatic rings. The van der Waals surface area contributed by atoms with Crippen molar-refractivity contribution in [1.29, 1.82) is 0 Å². The van der Waals surface area contributed by atoms with E-state index in [0.717, 1.165) is 6.42 Å². The molecule has 0 spiro atoms. The van der Waals surface area contributed by atoms with E-state index in [1.54, 1.807) is 49.4 Å². The molecule has 0 radical (unpaired) electrons. The third-order valence-corrected chi connectivity index (χ3v) is 3.73. The summed E-state index contributed by atoms with van der Waals surface area (Å²) in [6.45, 7) is 2.90. The molecule has 0 saturated heterocycles. The Bertz CT molecular complexity index is 735. The quantitative estimate of drug-likeness (QED) is 0.911. The van der Waals surface area contributed by atoms with Crippen molar-refractivity contribution in [1.82, 2.24) is 0 Å². The number of carbonyl (C=O) groups excluding carboxylic acids is 1. The Morgan fingerprint density at radius 1 is 1.17 bits per heavy atom. The van der Waals surface area contributed by atoms with Crippen LogP contribution in [0, 0.1) is 0 Å². The molecule has 0 fully saturated rings. The molecule has 2 aromatic rings. The number of carbonyl (C=O) groups is 1. The molecule has 126 valence electrons. The van der Waals surface area contributed by atoms with E-state index in [4.69, 9.17) is 25.8 Å². The first-order valence-corrected chi connectivity index (χ1v) is 8.12. The molecule has 2 aromatic carbocycles. The summed E-state index contributed by atoms with van der Waals surface area (Å²) < 4.78 is 16.8. The minimum atomic E-state index is -0.667. The zero-order valence-corrected chi connectivity index (χ0v) is 14.0. The summed E-state index contributed by atoms with van der Waals surface area (Å²) in [5.41, 5.74) is 0.630. The molecule has 24 heavy (non-hydrogen) atoms. The van der Waals surface area contributed by atoms with Crippen LogP contribution in [0.15, 0.2) is 42.5 Å². The van der Waals surface area contributed by atoms with Gasteiger partial charge in [0, 0.05) is 23.2 Å². The third-order valence-electron chi connectivity index (χ3n) is 3.49. The Morgan fingerprint density at radius 3 is 2.75 bits per heavy atom. The van der Waals surface area contributed by atoms with Gasteiger partial charge < -0.3 is 19.5 Å². The predicted molar refractivity (Wildman–Crippen MR) is 92.2 cm³/mol. The minimum absolute atomic E-state index is 0.260. The van der Waals surface area contributed by atoms with E-state index in [2.05, 4.69) is 5.32 Å². The van der Waals surface area contributed by atoms with Crippen LogP contribution in [0.2, 0.25) is 5.02 Å². The molecule has 3 rings (SSSR count). The van der Waals surface area contributed by atoms with Gasteiger partial charge in [-0.2, -0.15) is 0 Å². The van der Waals surface area contributed by atoms with Crippen molar-refractivity contribution in [2.75, 3.05) is 18.5 Å². The second-order valence-corrected chi connectivity index (χ2v) is 5.86. The van der Waals surface area contributed by atoms with E-state index in [9.17, 15) is 4.79 Å². The van der Waals surface area contributed by atoms with Crippen LogP contribution in [-0.4, -0.2) is 25.2 Å². The maximum absolute atomic E-state index is 12.3. The lowest BCUT2D eigenvalue weighted by Gasteiger charge is -2.16. The van der Waals surface area contributed by atoms with E-state index < -0.39 is 6.10 Å². The normalized spacial score (nSPS) is 14.4. The number of hydrogen-bond acceptors (Lipinski definition) is 4. The number of amides is 1. The molecule has 1 heterocycles. The van der Waals surface area contributed by atoms with Crippen molar-refractivity contribution >= 4 is 23.2 Å². The Kier molecular flexibility index (Phi) is 5.11. The van der Waals surface area contributed by atoms with Gasteiger partial charge in [0.2, 0.25) is 0 Å². The molecular weight excluding hydrogens is 330 g/mol. The van der Waals surface area contributed by atoms with E-state index in [-0.39, 0.29) is 5.91 Å². The Hall–Kier alpha value is -2.40. The van der Waals surface area contributed by atoms with Gasteiger partial charge in [0.15, 0.2) is 17.6 Å². The SMILES string of the molecule is CC(Oc1cccc(Cl)c1)C(=O)Nc1ccc2c(c1)OCCCO2. The van der Waals surface area contributed by atoms with E-state index >= 15 is 0 Å². The third kappa shape index (κ3) is 4.11. The summed E-state index contributed by atoms with van der Waals surface area (Å²) in [5.74, 6) is 1.61. The summed E-state index contributed by atoms with van der Waals surface area (Å²) in [6.07, 6.45) is 0.167. The molecule has 0 saturated carbocycles. The highest BCUT2D eigenvalue weighted by Crippen LogP contribution is 2.32. The largest absolute Gasteiger partial charge is 0.490 e. The van der Waals surface area contributed by atoms with Gasteiger partial charge in [-0.25, -0.2) is 0 Å². The van der Waals surface area contributed by atoms with Gasteiger partial charge in [0.25, 0.3) is 5.91 Å². The first-order chi connectivity index (χ1) is 11.6. The van der Waals surface area contributed by atoms with E-state index in [1.165, 1.54) is 0 Å². The second-order valence-electron chi connectivity index (χ2n) is 5.42. The summed E-state index contributed by atoms with van der Waals surface area (Å²) in [6, 6.07) is 12.3. The number of benzene rings is 2. The van der Waals surface area contributed by atoms with Crippen LogP contribution in [0.1, 0.15) is 13.3 Å². The minimum Gasteiger partial charge on any atom is -0.490 e. The molecule has 1 atom stereocenters. The van der Waals surface area contributed by atoms with Crippen molar-refractivity contribution in [3.8, 4) is 17.2 Å². The second kappa shape index (κ2) is 7.45. The molecular formula is C18H18ClNO4. The van der Waals surface area contributed by atoms with Crippen LogP contribution in [0.5, 0.6) is 17.2 Å². The molecule has 6 heteroatoms. The molecule has 0 aliphatic carbocycles. The van der Waals surface area contributed by atoms with Crippen molar-refractivity contribution in [3.05, 3.63) is 47.5 Å². The fourth-order valence-electron chi connectivity index (χ4n) is 2.28. The molecule has 0 bridgehead atoms. The summed E-state index contributed by atoms with van der Waals surface area (Å²) >= 11 is 5.91. The summed E-state index contributed by atoms with van der Waals surface area (Å²) in [5, 5.41) is 3.37. The van der Waals surface area contributed by atoms with E-state index in [0.29, 0.717) is 41.2 Å². The van der Waals surface area contributed by atoms with Gasteiger partial charge in [0.1, 0.15) is 5.75 Å². The number of nitrogens with one attached hydrogen (secondary N) is 1. The van der Waals surface area contributed by atoms with Crippen LogP contribution in [0.25, 0.3) is 0 Å².